The van der Waals surface area contributed by atoms with Gasteiger partial charge >= 0.3 is 0 Å². The van der Waals surface area contributed by atoms with Crippen LogP contribution in [0.4, 0.5) is 17.1 Å². The van der Waals surface area contributed by atoms with E-state index in [1.165, 1.54) is 7.11 Å². The molecule has 3 amide bonds. The van der Waals surface area contributed by atoms with E-state index >= 15 is 0 Å². The predicted octanol–water partition coefficient (Wildman–Crippen LogP) is 3.90. The van der Waals surface area contributed by atoms with E-state index in [4.69, 9.17) is 14.0 Å². The summed E-state index contributed by atoms with van der Waals surface area (Å²) in [5.74, 6) is 0.390. The standard InChI is InChI=1S/C29H33N4O6P/c1-18(31-17-34)28(35)32-22-11-19(10-20(12-22)16-39-40)15-38-27-14-24(30-2)23(13-26(27)37-3)29(36)33-9-8-21-6-4-5-7-25(21)33/h4-7,10-14,17-18,30H,8-9,15-16,40H2,1-3H3,(H,31,34)(H,32,35). The Balaban J connectivity index is 1.56. The molecular weight excluding hydrogens is 531 g/mol. The Morgan fingerprint density at radius 3 is 2.52 bits per heavy atom. The van der Waals surface area contributed by atoms with Gasteiger partial charge in [-0.05, 0) is 60.4 Å². The fraction of sp³-hybridized carbons (Fsp3) is 0.276. The minimum absolute atomic E-state index is 0.122. The van der Waals surface area contributed by atoms with Gasteiger partial charge in [0, 0.05) is 40.5 Å². The average molecular weight is 565 g/mol. The van der Waals surface area contributed by atoms with Gasteiger partial charge in [-0.3, -0.25) is 14.4 Å². The van der Waals surface area contributed by atoms with Crippen LogP contribution in [0.25, 0.3) is 0 Å². The Labute approximate surface area is 235 Å². The molecule has 1 aliphatic rings. The number of ether oxygens (including phenoxy) is 2. The van der Waals surface area contributed by atoms with Crippen molar-refractivity contribution in [3.8, 4) is 11.5 Å². The van der Waals surface area contributed by atoms with Crippen molar-refractivity contribution in [3.63, 3.8) is 0 Å². The first-order valence-corrected chi connectivity index (χ1v) is 13.2. The summed E-state index contributed by atoms with van der Waals surface area (Å²) in [4.78, 5) is 38.5. The molecule has 4 rings (SSSR count). The molecule has 40 heavy (non-hydrogen) atoms. The number of hydrogen-bond donors (Lipinski definition) is 3. The van der Waals surface area contributed by atoms with Gasteiger partial charge in [0.15, 0.2) is 11.5 Å². The first kappa shape index (κ1) is 28.9. The molecule has 0 saturated carbocycles. The van der Waals surface area contributed by atoms with Gasteiger partial charge in [-0.1, -0.05) is 18.2 Å². The molecule has 0 radical (unpaired) electrons. The summed E-state index contributed by atoms with van der Waals surface area (Å²) in [7, 11) is 5.48. The van der Waals surface area contributed by atoms with Crippen molar-refractivity contribution in [1.82, 2.24) is 5.32 Å². The van der Waals surface area contributed by atoms with Crippen molar-refractivity contribution < 1.29 is 28.4 Å². The summed E-state index contributed by atoms with van der Waals surface area (Å²) in [5, 5.41) is 8.35. The molecule has 210 valence electrons. The van der Waals surface area contributed by atoms with E-state index < -0.39 is 6.04 Å². The lowest BCUT2D eigenvalue weighted by molar-refractivity contribution is -0.120. The van der Waals surface area contributed by atoms with Crippen molar-refractivity contribution in [2.75, 3.05) is 36.2 Å². The summed E-state index contributed by atoms with van der Waals surface area (Å²) in [6, 6.07) is 16.1. The van der Waals surface area contributed by atoms with Crippen LogP contribution in [-0.4, -0.2) is 45.0 Å². The number of rotatable bonds is 12. The number of para-hydroxylation sites is 1. The van der Waals surface area contributed by atoms with E-state index in [-0.39, 0.29) is 18.4 Å². The smallest absolute Gasteiger partial charge is 0.260 e. The normalized spacial score (nSPS) is 12.8. The van der Waals surface area contributed by atoms with Crippen LogP contribution in [0.15, 0.2) is 54.6 Å². The second kappa shape index (κ2) is 13.3. The number of amides is 3. The topological polar surface area (TPSA) is 118 Å². The fourth-order valence-electron chi connectivity index (χ4n) is 4.60. The zero-order valence-electron chi connectivity index (χ0n) is 22.7. The number of carbonyl (C=O) groups is 3. The van der Waals surface area contributed by atoms with Crippen LogP contribution in [0.3, 0.4) is 0 Å². The summed E-state index contributed by atoms with van der Waals surface area (Å²) >= 11 is 0. The van der Waals surface area contributed by atoms with Crippen LogP contribution in [0.5, 0.6) is 11.5 Å². The Morgan fingerprint density at radius 1 is 1.07 bits per heavy atom. The van der Waals surface area contributed by atoms with Gasteiger partial charge in [0.05, 0.1) is 25.0 Å². The van der Waals surface area contributed by atoms with E-state index in [1.54, 1.807) is 43.1 Å². The summed E-state index contributed by atoms with van der Waals surface area (Å²) in [6.45, 7) is 2.65. The van der Waals surface area contributed by atoms with E-state index in [2.05, 4.69) is 25.4 Å². The number of hydrogen-bond acceptors (Lipinski definition) is 7. The monoisotopic (exact) mass is 564 g/mol. The number of carbonyl (C=O) groups excluding carboxylic acids is 3. The van der Waals surface area contributed by atoms with Crippen LogP contribution >= 0.6 is 9.47 Å². The lowest BCUT2D eigenvalue weighted by Crippen LogP contribution is -2.37. The maximum absolute atomic E-state index is 13.6. The molecule has 1 heterocycles. The molecule has 3 aromatic carbocycles. The maximum Gasteiger partial charge on any atom is 0.260 e. The third-order valence-corrected chi connectivity index (χ3v) is 6.78. The highest BCUT2D eigenvalue weighted by molar-refractivity contribution is 7.09. The van der Waals surface area contributed by atoms with Crippen LogP contribution in [0.1, 0.15) is 34.0 Å². The molecule has 0 aliphatic carbocycles. The van der Waals surface area contributed by atoms with Crippen molar-refractivity contribution in [2.24, 2.45) is 0 Å². The Morgan fingerprint density at radius 2 is 1.82 bits per heavy atom. The third kappa shape index (κ3) is 6.52. The van der Waals surface area contributed by atoms with Gasteiger partial charge in [-0.2, -0.15) is 0 Å². The summed E-state index contributed by atoms with van der Waals surface area (Å²) in [5.41, 5.74) is 5.28. The van der Waals surface area contributed by atoms with Gasteiger partial charge in [0.25, 0.3) is 5.91 Å². The van der Waals surface area contributed by atoms with E-state index in [0.717, 1.165) is 28.8 Å². The number of nitrogens with one attached hydrogen (secondary N) is 3. The van der Waals surface area contributed by atoms with Crippen LogP contribution < -0.4 is 30.3 Å². The second-order valence-corrected chi connectivity index (χ2v) is 9.60. The highest BCUT2D eigenvalue weighted by Crippen LogP contribution is 2.37. The van der Waals surface area contributed by atoms with Gasteiger partial charge in [0.2, 0.25) is 12.3 Å². The van der Waals surface area contributed by atoms with Crippen molar-refractivity contribution in [2.45, 2.75) is 32.6 Å². The zero-order chi connectivity index (χ0) is 28.6. The molecule has 2 unspecified atom stereocenters. The van der Waals surface area contributed by atoms with Crippen LogP contribution in [-0.2, 0) is 33.7 Å². The number of nitrogens with zero attached hydrogens (tertiary/aromatic N) is 1. The van der Waals surface area contributed by atoms with Crippen LogP contribution in [0, 0.1) is 0 Å². The molecule has 0 fully saturated rings. The van der Waals surface area contributed by atoms with Crippen molar-refractivity contribution in [1.29, 1.82) is 0 Å². The Bertz CT molecular complexity index is 1400. The van der Waals surface area contributed by atoms with Crippen LogP contribution in [0.2, 0.25) is 0 Å². The SMILES string of the molecule is CNc1cc(OCc2cc(COP)cc(NC(=O)C(C)NC=O)c2)c(OC)cc1C(=O)N1CCc2ccccc21. The van der Waals surface area contributed by atoms with Crippen molar-refractivity contribution in [3.05, 3.63) is 76.9 Å². The quantitative estimate of drug-likeness (QED) is 0.226. The second-order valence-electron chi connectivity index (χ2n) is 9.27. The average Bonchev–Trinajstić information content (AvgIpc) is 3.39. The van der Waals surface area contributed by atoms with E-state index in [1.807, 2.05) is 30.3 Å². The first-order chi connectivity index (χ1) is 19.4. The largest absolute Gasteiger partial charge is 0.493 e. The lowest BCUT2D eigenvalue weighted by Gasteiger charge is -2.21. The first-order valence-electron chi connectivity index (χ1n) is 12.8. The van der Waals surface area contributed by atoms with Gasteiger partial charge in [-0.15, -0.1) is 0 Å². The lowest BCUT2D eigenvalue weighted by atomic mass is 10.1. The highest BCUT2D eigenvalue weighted by Gasteiger charge is 2.28. The fourth-order valence-corrected chi connectivity index (χ4v) is 4.79. The van der Waals surface area contributed by atoms with Gasteiger partial charge in [-0.25, -0.2) is 0 Å². The van der Waals surface area contributed by atoms with Gasteiger partial charge in [0.1, 0.15) is 12.6 Å². The summed E-state index contributed by atoms with van der Waals surface area (Å²) < 4.78 is 16.9. The minimum Gasteiger partial charge on any atom is -0.493 e. The third-order valence-electron chi connectivity index (χ3n) is 6.61. The Hall–Kier alpha value is -4.14. The van der Waals surface area contributed by atoms with E-state index in [0.29, 0.717) is 48.0 Å². The molecule has 3 N–H and O–H groups in total. The molecule has 11 heteroatoms. The molecule has 0 bridgehead atoms. The number of benzene rings is 3. The Kier molecular flexibility index (Phi) is 9.58. The molecule has 0 aromatic heterocycles. The van der Waals surface area contributed by atoms with Crippen molar-refractivity contribution >= 4 is 44.8 Å². The molecule has 1 aliphatic heterocycles. The summed E-state index contributed by atoms with van der Waals surface area (Å²) in [6.07, 6.45) is 1.29. The predicted molar refractivity (Wildman–Crippen MR) is 157 cm³/mol. The van der Waals surface area contributed by atoms with Gasteiger partial charge < -0.3 is 34.8 Å². The minimum atomic E-state index is -0.696. The number of anilines is 3. The molecule has 10 nitrogen and oxygen atoms in total. The van der Waals surface area contributed by atoms with E-state index in [9.17, 15) is 14.4 Å². The number of fused-ring (bicyclic) bond motifs is 1. The zero-order valence-corrected chi connectivity index (χ0v) is 23.8. The molecule has 3 aromatic rings. The molecule has 0 saturated heterocycles. The maximum atomic E-state index is 13.6. The molecule has 2 atom stereocenters. The molecular formula is C29H33N4O6P. The highest BCUT2D eigenvalue weighted by atomic mass is 31.0. The molecule has 0 spiro atoms. The number of methoxy groups -OCH3 is 1.